The molecule has 5 heteroatoms. The Hall–Kier alpha value is -1.20. The Kier molecular flexibility index (Phi) is 5.00. The molecule has 0 amide bonds. The predicted octanol–water partition coefficient (Wildman–Crippen LogP) is 0.408. The summed E-state index contributed by atoms with van der Waals surface area (Å²) in [6, 6.07) is 1.90. The number of nitrogens with two attached hydrogens (primary N) is 1. The summed E-state index contributed by atoms with van der Waals surface area (Å²) in [7, 11) is 1.69. The van der Waals surface area contributed by atoms with Crippen LogP contribution in [-0.2, 0) is 11.3 Å². The maximum absolute atomic E-state index is 5.65. The van der Waals surface area contributed by atoms with Gasteiger partial charge in [0.05, 0.1) is 12.8 Å². The van der Waals surface area contributed by atoms with E-state index in [4.69, 9.17) is 10.5 Å². The first-order chi connectivity index (χ1) is 7.33. The van der Waals surface area contributed by atoms with Crippen molar-refractivity contribution in [2.75, 3.05) is 31.7 Å². The molecule has 1 aromatic heterocycles. The van der Waals surface area contributed by atoms with Crippen molar-refractivity contribution >= 4 is 5.82 Å². The third-order valence-electron chi connectivity index (χ3n) is 2.25. The van der Waals surface area contributed by atoms with Crippen molar-refractivity contribution in [2.24, 2.45) is 5.73 Å². The molecule has 0 aliphatic carbocycles. The second-order valence-corrected chi connectivity index (χ2v) is 3.16. The quantitative estimate of drug-likeness (QED) is 0.736. The Labute approximate surface area is 90.2 Å². The Morgan fingerprint density at radius 1 is 1.53 bits per heavy atom. The SMILES string of the molecule is CCN(CCOC)c1nnccc1CN. The fourth-order valence-corrected chi connectivity index (χ4v) is 1.39. The van der Waals surface area contributed by atoms with Gasteiger partial charge in [0, 0.05) is 32.3 Å². The Morgan fingerprint density at radius 3 is 2.93 bits per heavy atom. The average Bonchev–Trinajstić information content (AvgIpc) is 2.30. The molecule has 1 heterocycles. The zero-order valence-corrected chi connectivity index (χ0v) is 9.31. The lowest BCUT2D eigenvalue weighted by molar-refractivity contribution is 0.205. The van der Waals surface area contributed by atoms with E-state index in [1.165, 1.54) is 0 Å². The molecule has 0 spiro atoms. The lowest BCUT2D eigenvalue weighted by Crippen LogP contribution is -2.29. The van der Waals surface area contributed by atoms with Crippen molar-refractivity contribution in [1.82, 2.24) is 10.2 Å². The molecule has 5 nitrogen and oxygen atoms in total. The number of rotatable bonds is 6. The van der Waals surface area contributed by atoms with Gasteiger partial charge in [0.15, 0.2) is 5.82 Å². The van der Waals surface area contributed by atoms with Crippen molar-refractivity contribution < 1.29 is 4.74 Å². The van der Waals surface area contributed by atoms with E-state index in [0.29, 0.717) is 13.2 Å². The van der Waals surface area contributed by atoms with Gasteiger partial charge in [-0.15, -0.1) is 5.10 Å². The van der Waals surface area contributed by atoms with Crippen LogP contribution in [0.5, 0.6) is 0 Å². The highest BCUT2D eigenvalue weighted by Gasteiger charge is 2.10. The van der Waals surface area contributed by atoms with Crippen LogP contribution >= 0.6 is 0 Å². The van der Waals surface area contributed by atoms with Gasteiger partial charge >= 0.3 is 0 Å². The van der Waals surface area contributed by atoms with Crippen molar-refractivity contribution in [1.29, 1.82) is 0 Å². The molecule has 0 atom stereocenters. The van der Waals surface area contributed by atoms with Crippen LogP contribution in [0, 0.1) is 0 Å². The lowest BCUT2D eigenvalue weighted by atomic mass is 10.2. The molecule has 15 heavy (non-hydrogen) atoms. The van der Waals surface area contributed by atoms with E-state index in [9.17, 15) is 0 Å². The minimum atomic E-state index is 0.480. The Bertz CT molecular complexity index is 293. The molecule has 0 unspecified atom stereocenters. The zero-order valence-electron chi connectivity index (χ0n) is 9.31. The van der Waals surface area contributed by atoms with E-state index in [0.717, 1.165) is 24.5 Å². The van der Waals surface area contributed by atoms with Gasteiger partial charge in [0.2, 0.25) is 0 Å². The summed E-state index contributed by atoms with van der Waals surface area (Å²) in [6.07, 6.45) is 1.66. The number of aromatic nitrogens is 2. The van der Waals surface area contributed by atoms with Crippen LogP contribution in [0.1, 0.15) is 12.5 Å². The van der Waals surface area contributed by atoms with Crippen LogP contribution in [0.2, 0.25) is 0 Å². The standard InChI is InChI=1S/C10H18N4O/c1-3-14(6-7-15-2)10-9(8-11)4-5-12-13-10/h4-5H,3,6-8,11H2,1-2H3. The highest BCUT2D eigenvalue weighted by molar-refractivity contribution is 5.45. The van der Waals surface area contributed by atoms with Gasteiger partial charge in [-0.3, -0.25) is 0 Å². The summed E-state index contributed by atoms with van der Waals surface area (Å²) >= 11 is 0. The second-order valence-electron chi connectivity index (χ2n) is 3.16. The van der Waals surface area contributed by atoms with Gasteiger partial charge < -0.3 is 15.4 Å². The van der Waals surface area contributed by atoms with Crippen molar-refractivity contribution in [2.45, 2.75) is 13.5 Å². The fraction of sp³-hybridized carbons (Fsp3) is 0.600. The molecule has 1 aromatic rings. The van der Waals surface area contributed by atoms with Crippen LogP contribution in [0.4, 0.5) is 5.82 Å². The monoisotopic (exact) mass is 210 g/mol. The molecule has 1 rings (SSSR count). The van der Waals surface area contributed by atoms with Gasteiger partial charge in [-0.05, 0) is 13.0 Å². The average molecular weight is 210 g/mol. The molecule has 0 aliphatic heterocycles. The highest BCUT2D eigenvalue weighted by Crippen LogP contribution is 2.14. The summed E-state index contributed by atoms with van der Waals surface area (Å²) < 4.78 is 5.05. The zero-order chi connectivity index (χ0) is 11.1. The van der Waals surface area contributed by atoms with E-state index in [-0.39, 0.29) is 0 Å². The highest BCUT2D eigenvalue weighted by atomic mass is 16.5. The minimum Gasteiger partial charge on any atom is -0.383 e. The third kappa shape index (κ3) is 3.14. The van der Waals surface area contributed by atoms with E-state index in [1.54, 1.807) is 13.3 Å². The Morgan fingerprint density at radius 2 is 2.33 bits per heavy atom. The number of ether oxygens (including phenoxy) is 1. The van der Waals surface area contributed by atoms with Crippen LogP contribution in [-0.4, -0.2) is 37.0 Å². The molecular formula is C10H18N4O. The molecular weight excluding hydrogens is 192 g/mol. The van der Waals surface area contributed by atoms with Crippen LogP contribution < -0.4 is 10.6 Å². The summed E-state index contributed by atoms with van der Waals surface area (Å²) in [4.78, 5) is 2.11. The number of hydrogen-bond acceptors (Lipinski definition) is 5. The lowest BCUT2D eigenvalue weighted by Gasteiger charge is -2.22. The molecule has 0 aromatic carbocycles. The van der Waals surface area contributed by atoms with E-state index >= 15 is 0 Å². The molecule has 0 radical (unpaired) electrons. The number of nitrogens with zero attached hydrogens (tertiary/aromatic N) is 3. The number of anilines is 1. The third-order valence-corrected chi connectivity index (χ3v) is 2.25. The number of hydrogen-bond donors (Lipinski definition) is 1. The Balaban J connectivity index is 2.80. The van der Waals surface area contributed by atoms with E-state index < -0.39 is 0 Å². The van der Waals surface area contributed by atoms with Gasteiger partial charge in [0.1, 0.15) is 0 Å². The molecule has 0 bridgehead atoms. The van der Waals surface area contributed by atoms with Gasteiger partial charge in [-0.25, -0.2) is 0 Å². The largest absolute Gasteiger partial charge is 0.383 e. The number of likely N-dealkylation sites (N-methyl/N-ethyl adjacent to an activating group) is 1. The van der Waals surface area contributed by atoms with E-state index in [1.807, 2.05) is 6.07 Å². The number of methoxy groups -OCH3 is 1. The normalized spacial score (nSPS) is 10.3. The fourth-order valence-electron chi connectivity index (χ4n) is 1.39. The van der Waals surface area contributed by atoms with Crippen LogP contribution in [0.15, 0.2) is 12.3 Å². The first-order valence-electron chi connectivity index (χ1n) is 5.08. The maximum Gasteiger partial charge on any atom is 0.155 e. The summed E-state index contributed by atoms with van der Waals surface area (Å²) in [5, 5.41) is 8.00. The van der Waals surface area contributed by atoms with Crippen molar-refractivity contribution in [3.8, 4) is 0 Å². The van der Waals surface area contributed by atoms with E-state index in [2.05, 4.69) is 22.0 Å². The van der Waals surface area contributed by atoms with Crippen LogP contribution in [0.25, 0.3) is 0 Å². The molecule has 0 saturated heterocycles. The molecule has 0 saturated carbocycles. The van der Waals surface area contributed by atoms with Crippen molar-refractivity contribution in [3.05, 3.63) is 17.8 Å². The maximum atomic E-state index is 5.65. The first kappa shape index (κ1) is 11.9. The molecule has 2 N–H and O–H groups in total. The molecule has 84 valence electrons. The van der Waals surface area contributed by atoms with Gasteiger partial charge in [0.25, 0.3) is 0 Å². The predicted molar refractivity (Wildman–Crippen MR) is 59.7 cm³/mol. The summed E-state index contributed by atoms with van der Waals surface area (Å²) in [5.74, 6) is 0.861. The molecule has 0 aliphatic rings. The topological polar surface area (TPSA) is 64.3 Å². The summed E-state index contributed by atoms with van der Waals surface area (Å²) in [5.41, 5.74) is 6.66. The summed E-state index contributed by atoms with van der Waals surface area (Å²) in [6.45, 7) is 4.90. The molecule has 0 fully saturated rings. The second kappa shape index (κ2) is 6.31. The van der Waals surface area contributed by atoms with Gasteiger partial charge in [-0.2, -0.15) is 5.10 Å². The smallest absolute Gasteiger partial charge is 0.155 e. The van der Waals surface area contributed by atoms with Gasteiger partial charge in [-0.1, -0.05) is 0 Å². The minimum absolute atomic E-state index is 0.480. The van der Waals surface area contributed by atoms with Crippen molar-refractivity contribution in [3.63, 3.8) is 0 Å². The first-order valence-corrected chi connectivity index (χ1v) is 5.08. The van der Waals surface area contributed by atoms with Crippen LogP contribution in [0.3, 0.4) is 0 Å².